The van der Waals surface area contributed by atoms with Crippen LogP contribution < -0.4 is 20.4 Å². The van der Waals surface area contributed by atoms with Crippen LogP contribution in [0.3, 0.4) is 0 Å². The van der Waals surface area contributed by atoms with Gasteiger partial charge in [-0.25, -0.2) is 0 Å². The molecule has 0 radical (unpaired) electrons. The topological polar surface area (TPSA) is 113 Å². The Kier molecular flexibility index (Phi) is 9.88. The highest BCUT2D eigenvalue weighted by Crippen LogP contribution is 2.26. The van der Waals surface area contributed by atoms with Crippen LogP contribution in [0.25, 0.3) is 10.9 Å². The number of aromatic nitrogens is 1. The molecule has 1 aromatic heterocycles. The summed E-state index contributed by atoms with van der Waals surface area (Å²) in [5.74, 6) is -0.203. The lowest BCUT2D eigenvalue weighted by Crippen LogP contribution is -2.43. The first-order chi connectivity index (χ1) is 24.0. The average Bonchev–Trinajstić information content (AvgIpc) is 3.62. The van der Waals surface area contributed by atoms with Gasteiger partial charge in [0.1, 0.15) is 0 Å². The molecule has 2 aliphatic rings. The quantitative estimate of drug-likeness (QED) is 0.143. The first kappa shape index (κ1) is 32.4. The van der Waals surface area contributed by atoms with Gasteiger partial charge in [0.25, 0.3) is 11.8 Å². The second-order valence-corrected chi connectivity index (χ2v) is 12.7. The van der Waals surface area contributed by atoms with E-state index >= 15 is 0 Å². The van der Waals surface area contributed by atoms with Gasteiger partial charge in [-0.15, -0.1) is 0 Å². The van der Waals surface area contributed by atoms with E-state index in [9.17, 15) is 14.7 Å². The van der Waals surface area contributed by atoms with Gasteiger partial charge in [-0.1, -0.05) is 0 Å². The first-order valence-electron chi connectivity index (χ1n) is 17.0. The van der Waals surface area contributed by atoms with E-state index in [2.05, 4.69) is 25.4 Å². The van der Waals surface area contributed by atoms with Crippen molar-refractivity contribution in [1.82, 2.24) is 9.88 Å². The van der Waals surface area contributed by atoms with Gasteiger partial charge in [0.2, 0.25) is 0 Å². The van der Waals surface area contributed by atoms with Crippen molar-refractivity contribution in [3.63, 3.8) is 0 Å². The van der Waals surface area contributed by atoms with E-state index in [1.165, 1.54) is 0 Å². The molecule has 3 heterocycles. The Morgan fingerprint density at radius 2 is 1.45 bits per heavy atom. The summed E-state index contributed by atoms with van der Waals surface area (Å²) in [6.07, 6.45) is 3.19. The van der Waals surface area contributed by atoms with Gasteiger partial charge in [-0.3, -0.25) is 14.5 Å². The Labute approximate surface area is 286 Å². The molecule has 2 aliphatic heterocycles. The Morgan fingerprint density at radius 1 is 0.796 bits per heavy atom. The Morgan fingerprint density at radius 3 is 2.16 bits per heavy atom. The van der Waals surface area contributed by atoms with E-state index in [0.717, 1.165) is 79.2 Å². The van der Waals surface area contributed by atoms with Crippen molar-refractivity contribution in [3.8, 4) is 0 Å². The molecule has 0 unspecified atom stereocenters. The van der Waals surface area contributed by atoms with Gasteiger partial charge in [0.15, 0.2) is 0 Å². The fourth-order valence-corrected chi connectivity index (χ4v) is 6.44. The van der Waals surface area contributed by atoms with Crippen LogP contribution in [0.5, 0.6) is 0 Å². The van der Waals surface area contributed by atoms with E-state index in [1.807, 2.05) is 108 Å². The number of hydrogen-bond acceptors (Lipinski definition) is 7. The first-order valence-corrected chi connectivity index (χ1v) is 17.0. The largest absolute Gasteiger partial charge is 0.393 e. The molecular formula is C39H42N6O4. The number of fused-ring (bicyclic) bond motifs is 1. The number of piperidine rings is 1. The number of H-pyrrole nitrogens is 1. The molecule has 2 saturated heterocycles. The number of ether oxygens (including phenoxy) is 1. The van der Waals surface area contributed by atoms with Crippen molar-refractivity contribution in [2.45, 2.75) is 18.9 Å². The predicted octanol–water partition coefficient (Wildman–Crippen LogP) is 6.10. The van der Waals surface area contributed by atoms with Crippen LogP contribution >= 0.6 is 0 Å². The molecule has 0 spiro atoms. The molecule has 49 heavy (non-hydrogen) atoms. The van der Waals surface area contributed by atoms with E-state index < -0.39 is 0 Å². The second kappa shape index (κ2) is 14.9. The smallest absolute Gasteiger partial charge is 0.258 e. The van der Waals surface area contributed by atoms with E-state index in [0.29, 0.717) is 36.6 Å². The summed E-state index contributed by atoms with van der Waals surface area (Å²) < 4.78 is 5.51. The molecule has 0 bridgehead atoms. The van der Waals surface area contributed by atoms with Crippen molar-refractivity contribution in [2.75, 3.05) is 72.9 Å². The SMILES string of the molecule is O=C(Nc1ccc(Nc2ccc(N(CCN3CCOCC3)C(=O)c3ccc4[nH]ccc4c3)cc2)cc1)c1ccc(N2CCC(O)CC2)cc1. The van der Waals surface area contributed by atoms with Crippen LogP contribution in [0.1, 0.15) is 33.6 Å². The molecule has 5 aromatic rings. The van der Waals surface area contributed by atoms with Gasteiger partial charge >= 0.3 is 0 Å². The maximum Gasteiger partial charge on any atom is 0.258 e. The van der Waals surface area contributed by atoms with Crippen molar-refractivity contribution < 1.29 is 19.4 Å². The number of morpholine rings is 1. The predicted molar refractivity (Wildman–Crippen MR) is 195 cm³/mol. The highest BCUT2D eigenvalue weighted by molar-refractivity contribution is 6.08. The fraction of sp³-hybridized carbons (Fsp3) is 0.282. The maximum atomic E-state index is 13.9. The summed E-state index contributed by atoms with van der Waals surface area (Å²) >= 11 is 0. The van der Waals surface area contributed by atoms with Gasteiger partial charge in [0.05, 0.1) is 19.3 Å². The minimum Gasteiger partial charge on any atom is -0.393 e. The molecule has 10 nitrogen and oxygen atoms in total. The zero-order chi connectivity index (χ0) is 33.6. The number of hydrogen-bond donors (Lipinski definition) is 4. The van der Waals surface area contributed by atoms with Crippen LogP contribution in [0.15, 0.2) is 103 Å². The van der Waals surface area contributed by atoms with Gasteiger partial charge in [-0.2, -0.15) is 0 Å². The number of aliphatic hydroxyl groups excluding tert-OH is 1. The molecule has 7 rings (SSSR count). The third kappa shape index (κ3) is 7.94. The van der Waals surface area contributed by atoms with Crippen LogP contribution in [-0.2, 0) is 4.74 Å². The number of aromatic amines is 1. The van der Waals surface area contributed by atoms with Gasteiger partial charge in [-0.05, 0) is 110 Å². The van der Waals surface area contributed by atoms with Crippen molar-refractivity contribution >= 4 is 51.2 Å². The van der Waals surface area contributed by atoms with Crippen LogP contribution in [-0.4, -0.2) is 85.4 Å². The molecule has 0 atom stereocenters. The number of carbonyl (C=O) groups is 2. The molecule has 10 heteroatoms. The van der Waals surface area contributed by atoms with Gasteiger partial charge < -0.3 is 35.3 Å². The van der Waals surface area contributed by atoms with E-state index in [4.69, 9.17) is 4.74 Å². The minimum atomic E-state index is -0.218. The number of benzene rings is 4. The third-order valence-electron chi connectivity index (χ3n) is 9.36. The zero-order valence-corrected chi connectivity index (χ0v) is 27.5. The number of rotatable bonds is 10. The summed E-state index contributed by atoms with van der Waals surface area (Å²) in [7, 11) is 0. The maximum absolute atomic E-state index is 13.9. The van der Waals surface area contributed by atoms with Crippen LogP contribution in [0, 0.1) is 0 Å². The lowest BCUT2D eigenvalue weighted by Gasteiger charge is -2.31. The van der Waals surface area contributed by atoms with Crippen molar-refractivity contribution in [2.24, 2.45) is 0 Å². The Bertz CT molecular complexity index is 1860. The monoisotopic (exact) mass is 658 g/mol. The number of aliphatic hydroxyl groups is 1. The molecule has 0 saturated carbocycles. The summed E-state index contributed by atoms with van der Waals surface area (Å²) in [6, 6.07) is 30.9. The lowest BCUT2D eigenvalue weighted by molar-refractivity contribution is 0.0391. The zero-order valence-electron chi connectivity index (χ0n) is 27.5. The van der Waals surface area contributed by atoms with E-state index in [1.54, 1.807) is 0 Å². The normalized spacial score (nSPS) is 15.7. The number of amides is 2. The summed E-state index contributed by atoms with van der Waals surface area (Å²) in [5.41, 5.74) is 6.60. The van der Waals surface area contributed by atoms with Crippen LogP contribution in [0.2, 0.25) is 0 Å². The number of nitrogens with one attached hydrogen (secondary N) is 3. The van der Waals surface area contributed by atoms with Crippen molar-refractivity contribution in [1.29, 1.82) is 0 Å². The number of nitrogens with zero attached hydrogens (tertiary/aromatic N) is 3. The number of carbonyl (C=O) groups excluding carboxylic acids is 2. The van der Waals surface area contributed by atoms with Crippen LogP contribution in [0.4, 0.5) is 28.4 Å². The highest BCUT2D eigenvalue weighted by atomic mass is 16.5. The molecule has 252 valence electrons. The molecule has 2 amide bonds. The minimum absolute atomic E-state index is 0.0339. The lowest BCUT2D eigenvalue weighted by atomic mass is 10.1. The van der Waals surface area contributed by atoms with E-state index in [-0.39, 0.29) is 17.9 Å². The summed E-state index contributed by atoms with van der Waals surface area (Å²) in [5, 5.41) is 17.2. The molecule has 0 aliphatic carbocycles. The average molecular weight is 659 g/mol. The molecule has 4 aromatic carbocycles. The third-order valence-corrected chi connectivity index (χ3v) is 9.36. The molecular weight excluding hydrogens is 616 g/mol. The summed E-state index contributed by atoms with van der Waals surface area (Å²) in [4.78, 5) is 36.4. The molecule has 4 N–H and O–H groups in total. The fourth-order valence-electron chi connectivity index (χ4n) is 6.44. The number of anilines is 5. The Hall–Kier alpha value is -5.16. The highest BCUT2D eigenvalue weighted by Gasteiger charge is 2.21. The molecule has 2 fully saturated rings. The van der Waals surface area contributed by atoms with Crippen molar-refractivity contribution in [3.05, 3.63) is 114 Å². The summed E-state index contributed by atoms with van der Waals surface area (Å²) in [6.45, 7) is 6.12. The Balaban J connectivity index is 0.979. The standard InChI is InChI=1S/C39H42N6O4/c46-36-16-19-44(20-17-36)34-10-1-28(2-11-34)38(47)42-33-6-4-31(5-7-33)41-32-8-12-35(13-9-32)45(22-21-43-23-25-49-26-24-43)39(48)30-3-14-37-29(27-30)15-18-40-37/h1-15,18,27,36,40-41,46H,16-17,19-26H2,(H,42,47). The van der Waals surface area contributed by atoms with Gasteiger partial charge in [0, 0.05) is 95.9 Å². The second-order valence-electron chi connectivity index (χ2n) is 12.7.